The van der Waals surface area contributed by atoms with Crippen molar-refractivity contribution in [3.8, 4) is 11.5 Å². The van der Waals surface area contributed by atoms with Crippen molar-refractivity contribution in [2.75, 3.05) is 5.73 Å². The monoisotopic (exact) mass is 242 g/mol. The van der Waals surface area contributed by atoms with Crippen molar-refractivity contribution in [1.29, 1.82) is 0 Å². The van der Waals surface area contributed by atoms with Crippen molar-refractivity contribution in [1.82, 2.24) is 0 Å². The molecule has 2 aromatic rings. The number of rotatable bonds is 3. The minimum absolute atomic E-state index is 0.337. The number of carbonyl (C=O) groups excluding carboxylic acids is 1. The van der Waals surface area contributed by atoms with Gasteiger partial charge in [0.2, 0.25) is 0 Å². The lowest BCUT2D eigenvalue weighted by molar-refractivity contribution is 0.0998. The molecular formula is C14H14N2O2. The van der Waals surface area contributed by atoms with E-state index >= 15 is 0 Å². The molecule has 0 saturated carbocycles. The quantitative estimate of drug-likeness (QED) is 0.811. The van der Waals surface area contributed by atoms with E-state index in [1.54, 1.807) is 30.3 Å². The molecule has 92 valence electrons. The van der Waals surface area contributed by atoms with Crippen molar-refractivity contribution >= 4 is 11.6 Å². The molecule has 0 saturated heterocycles. The average Bonchev–Trinajstić information content (AvgIpc) is 2.32. The van der Waals surface area contributed by atoms with Crippen LogP contribution in [0.3, 0.4) is 0 Å². The van der Waals surface area contributed by atoms with Crippen LogP contribution in [0.1, 0.15) is 15.9 Å². The van der Waals surface area contributed by atoms with Gasteiger partial charge in [0.25, 0.3) is 5.91 Å². The molecule has 0 atom stereocenters. The van der Waals surface area contributed by atoms with E-state index in [0.29, 0.717) is 22.7 Å². The summed E-state index contributed by atoms with van der Waals surface area (Å²) in [5, 5.41) is 0. The first kappa shape index (κ1) is 12.0. The summed E-state index contributed by atoms with van der Waals surface area (Å²) < 4.78 is 5.66. The number of nitrogens with two attached hydrogens (primary N) is 2. The Bertz CT molecular complexity index is 594. The molecule has 0 heterocycles. The fourth-order valence-electron chi connectivity index (χ4n) is 1.61. The van der Waals surface area contributed by atoms with Crippen molar-refractivity contribution in [2.45, 2.75) is 6.92 Å². The Balaban J connectivity index is 2.42. The predicted molar refractivity (Wildman–Crippen MR) is 70.6 cm³/mol. The third-order valence-corrected chi connectivity index (χ3v) is 2.54. The number of carbonyl (C=O) groups is 1. The summed E-state index contributed by atoms with van der Waals surface area (Å²) in [6.07, 6.45) is 0. The standard InChI is InChI=1S/C14H14N2O2/c1-9-6-7-10(14(16)17)13(8-9)18-12-5-3-2-4-11(12)15/h2-8H,15H2,1H3,(H2,16,17). The molecule has 18 heavy (non-hydrogen) atoms. The van der Waals surface area contributed by atoms with Crippen LogP contribution >= 0.6 is 0 Å². The van der Waals surface area contributed by atoms with Crippen molar-refractivity contribution in [2.24, 2.45) is 5.73 Å². The maximum atomic E-state index is 11.3. The van der Waals surface area contributed by atoms with Crippen LogP contribution in [0.15, 0.2) is 42.5 Å². The number of benzene rings is 2. The molecule has 2 rings (SSSR count). The van der Waals surface area contributed by atoms with Gasteiger partial charge in [0, 0.05) is 0 Å². The van der Waals surface area contributed by atoms with Crippen LogP contribution in [0.4, 0.5) is 5.69 Å². The molecule has 0 radical (unpaired) electrons. The summed E-state index contributed by atoms with van der Waals surface area (Å²) in [6.45, 7) is 1.91. The normalized spacial score (nSPS) is 10.1. The lowest BCUT2D eigenvalue weighted by atomic mass is 10.1. The van der Waals surface area contributed by atoms with Crippen LogP contribution in [0.5, 0.6) is 11.5 Å². The highest BCUT2D eigenvalue weighted by atomic mass is 16.5. The minimum atomic E-state index is -0.528. The lowest BCUT2D eigenvalue weighted by Gasteiger charge is -2.11. The van der Waals surface area contributed by atoms with Crippen LogP contribution in [-0.2, 0) is 0 Å². The minimum Gasteiger partial charge on any atom is -0.454 e. The van der Waals surface area contributed by atoms with Crippen molar-refractivity contribution in [3.63, 3.8) is 0 Å². The van der Waals surface area contributed by atoms with E-state index in [9.17, 15) is 4.79 Å². The average molecular weight is 242 g/mol. The molecule has 0 spiro atoms. The van der Waals surface area contributed by atoms with Gasteiger partial charge >= 0.3 is 0 Å². The number of amides is 1. The number of primary amides is 1. The second-order valence-electron chi connectivity index (χ2n) is 4.00. The molecule has 4 heteroatoms. The number of nitrogen functional groups attached to an aromatic ring is 1. The Labute approximate surface area is 105 Å². The molecule has 0 unspecified atom stereocenters. The zero-order chi connectivity index (χ0) is 13.1. The fourth-order valence-corrected chi connectivity index (χ4v) is 1.61. The number of hydrogen-bond acceptors (Lipinski definition) is 3. The third-order valence-electron chi connectivity index (χ3n) is 2.54. The summed E-state index contributed by atoms with van der Waals surface area (Å²) in [5.74, 6) is 0.394. The molecule has 4 N–H and O–H groups in total. The highest BCUT2D eigenvalue weighted by Crippen LogP contribution is 2.30. The maximum absolute atomic E-state index is 11.3. The van der Waals surface area contributed by atoms with Gasteiger partial charge in [0.05, 0.1) is 11.3 Å². The second-order valence-corrected chi connectivity index (χ2v) is 4.00. The molecule has 1 amide bonds. The second kappa shape index (κ2) is 4.79. The Morgan fingerprint density at radius 2 is 1.83 bits per heavy atom. The first-order chi connectivity index (χ1) is 8.58. The van der Waals surface area contributed by atoms with E-state index in [-0.39, 0.29) is 0 Å². The fraction of sp³-hybridized carbons (Fsp3) is 0.0714. The van der Waals surface area contributed by atoms with E-state index in [1.807, 2.05) is 19.1 Å². The molecule has 0 aliphatic carbocycles. The highest BCUT2D eigenvalue weighted by Gasteiger charge is 2.11. The van der Waals surface area contributed by atoms with E-state index in [4.69, 9.17) is 16.2 Å². The summed E-state index contributed by atoms with van der Waals surface area (Å²) >= 11 is 0. The molecule has 0 fully saturated rings. The zero-order valence-corrected chi connectivity index (χ0v) is 10.0. The van der Waals surface area contributed by atoms with E-state index < -0.39 is 5.91 Å². The van der Waals surface area contributed by atoms with Crippen LogP contribution in [0.2, 0.25) is 0 Å². The summed E-state index contributed by atoms with van der Waals surface area (Å²) in [5.41, 5.74) is 12.9. The first-order valence-corrected chi connectivity index (χ1v) is 5.51. The summed E-state index contributed by atoms with van der Waals surface area (Å²) in [7, 11) is 0. The Morgan fingerprint density at radius 3 is 2.50 bits per heavy atom. The number of ether oxygens (including phenoxy) is 1. The van der Waals surface area contributed by atoms with Crippen LogP contribution < -0.4 is 16.2 Å². The smallest absolute Gasteiger partial charge is 0.252 e. The van der Waals surface area contributed by atoms with Gasteiger partial charge in [-0.3, -0.25) is 4.79 Å². The van der Waals surface area contributed by atoms with Gasteiger partial charge in [-0.1, -0.05) is 18.2 Å². The van der Waals surface area contributed by atoms with Gasteiger partial charge in [-0.2, -0.15) is 0 Å². The van der Waals surface area contributed by atoms with Crippen molar-refractivity contribution < 1.29 is 9.53 Å². The summed E-state index contributed by atoms with van der Waals surface area (Å²) in [6, 6.07) is 12.3. The Kier molecular flexibility index (Phi) is 3.19. The SMILES string of the molecule is Cc1ccc(C(N)=O)c(Oc2ccccc2N)c1. The molecule has 2 aromatic carbocycles. The van der Waals surface area contributed by atoms with Gasteiger partial charge in [0.1, 0.15) is 11.5 Å². The van der Waals surface area contributed by atoms with Crippen LogP contribution in [0.25, 0.3) is 0 Å². The van der Waals surface area contributed by atoms with E-state index in [2.05, 4.69) is 0 Å². The van der Waals surface area contributed by atoms with Gasteiger partial charge in [-0.05, 0) is 36.8 Å². The van der Waals surface area contributed by atoms with Gasteiger partial charge in [-0.25, -0.2) is 0 Å². The van der Waals surface area contributed by atoms with Crippen LogP contribution in [-0.4, -0.2) is 5.91 Å². The van der Waals surface area contributed by atoms with Gasteiger partial charge < -0.3 is 16.2 Å². The van der Waals surface area contributed by atoms with E-state index in [1.165, 1.54) is 0 Å². The highest BCUT2D eigenvalue weighted by molar-refractivity contribution is 5.95. The molecule has 0 aliphatic heterocycles. The number of anilines is 1. The summed E-state index contributed by atoms with van der Waals surface area (Å²) in [4.78, 5) is 11.3. The van der Waals surface area contributed by atoms with E-state index in [0.717, 1.165) is 5.56 Å². The van der Waals surface area contributed by atoms with Crippen molar-refractivity contribution in [3.05, 3.63) is 53.6 Å². The largest absolute Gasteiger partial charge is 0.454 e. The van der Waals surface area contributed by atoms with Gasteiger partial charge in [0.15, 0.2) is 0 Å². The molecule has 0 bridgehead atoms. The third kappa shape index (κ3) is 2.43. The molecule has 4 nitrogen and oxygen atoms in total. The molecule has 0 aliphatic rings. The Hall–Kier alpha value is -2.49. The van der Waals surface area contributed by atoms with Crippen LogP contribution in [0, 0.1) is 6.92 Å². The van der Waals surface area contributed by atoms with Gasteiger partial charge in [-0.15, -0.1) is 0 Å². The predicted octanol–water partition coefficient (Wildman–Crippen LogP) is 2.47. The number of hydrogen-bond donors (Lipinski definition) is 2. The first-order valence-electron chi connectivity index (χ1n) is 5.51. The number of aryl methyl sites for hydroxylation is 1. The molecular weight excluding hydrogens is 228 g/mol. The topological polar surface area (TPSA) is 78.3 Å². The molecule has 0 aromatic heterocycles. The number of para-hydroxylation sites is 2. The lowest BCUT2D eigenvalue weighted by Crippen LogP contribution is -2.12. The zero-order valence-electron chi connectivity index (χ0n) is 10.0. The Morgan fingerprint density at radius 1 is 1.11 bits per heavy atom. The maximum Gasteiger partial charge on any atom is 0.252 e.